The third-order valence-electron chi connectivity index (χ3n) is 2.56. The first-order chi connectivity index (χ1) is 8.38. The van der Waals surface area contributed by atoms with Crippen LogP contribution in [0.4, 0.5) is 4.79 Å². The van der Waals surface area contributed by atoms with E-state index in [0.717, 1.165) is 0 Å². The van der Waals surface area contributed by atoms with Gasteiger partial charge in [0.05, 0.1) is 12.1 Å². The molecule has 0 saturated heterocycles. The van der Waals surface area contributed by atoms with Gasteiger partial charge < -0.3 is 20.0 Å². The molecule has 0 aromatic carbocycles. The van der Waals surface area contributed by atoms with Crippen molar-refractivity contribution < 1.29 is 19.8 Å². The van der Waals surface area contributed by atoms with Gasteiger partial charge in [0, 0.05) is 12.1 Å². The van der Waals surface area contributed by atoms with Crippen LogP contribution in [0.3, 0.4) is 0 Å². The van der Waals surface area contributed by atoms with Crippen LogP contribution in [0.15, 0.2) is 0 Å². The lowest BCUT2D eigenvalue weighted by Crippen LogP contribution is -2.55. The second-order valence-electron chi connectivity index (χ2n) is 6.26. The van der Waals surface area contributed by atoms with E-state index in [0.29, 0.717) is 6.54 Å². The maximum Gasteiger partial charge on any atom is 0.323 e. The van der Waals surface area contributed by atoms with Crippen LogP contribution >= 0.6 is 0 Å². The molecule has 19 heavy (non-hydrogen) atoms. The van der Waals surface area contributed by atoms with Gasteiger partial charge in [-0.25, -0.2) is 4.79 Å². The fraction of sp³-hybridized carbons (Fsp3) is 0.846. The molecule has 112 valence electrons. The summed E-state index contributed by atoms with van der Waals surface area (Å²) in [6, 6.07) is -0.375. The molecule has 0 aromatic heterocycles. The fourth-order valence-electron chi connectivity index (χ4n) is 1.68. The van der Waals surface area contributed by atoms with Crippen LogP contribution in [0, 0.1) is 0 Å². The zero-order valence-corrected chi connectivity index (χ0v) is 12.7. The van der Waals surface area contributed by atoms with E-state index in [9.17, 15) is 14.7 Å². The van der Waals surface area contributed by atoms with Crippen molar-refractivity contribution in [2.75, 3.05) is 19.6 Å². The van der Waals surface area contributed by atoms with Crippen LogP contribution < -0.4 is 0 Å². The van der Waals surface area contributed by atoms with Gasteiger partial charge in [-0.2, -0.15) is 0 Å². The number of carboxylic acids is 1. The normalized spacial score (nSPS) is 12.2. The Morgan fingerprint density at radius 3 is 1.84 bits per heavy atom. The lowest BCUT2D eigenvalue weighted by molar-refractivity contribution is -0.138. The number of hydrogen-bond acceptors (Lipinski definition) is 3. The molecule has 0 aromatic rings. The molecule has 0 unspecified atom stereocenters. The molecule has 0 atom stereocenters. The molecule has 0 rings (SSSR count). The Morgan fingerprint density at radius 2 is 1.58 bits per heavy atom. The van der Waals surface area contributed by atoms with E-state index in [4.69, 9.17) is 5.11 Å². The predicted octanol–water partition coefficient (Wildman–Crippen LogP) is 1.38. The summed E-state index contributed by atoms with van der Waals surface area (Å²) in [5, 5.41) is 18.7. The Bertz CT molecular complexity index is 329. The van der Waals surface area contributed by atoms with Crippen molar-refractivity contribution in [3.8, 4) is 0 Å². The monoisotopic (exact) mass is 274 g/mol. The highest BCUT2D eigenvalue weighted by atomic mass is 16.4. The van der Waals surface area contributed by atoms with Gasteiger partial charge in [-0.15, -0.1) is 0 Å². The standard InChI is InChI=1S/C13H26N2O4/c1-7-14(9-13(5,6)19)11(18)15(8-10(16)17)12(2,3)4/h19H,7-9H2,1-6H3,(H,16,17). The molecule has 2 N–H and O–H groups in total. The number of carbonyl (C=O) groups excluding carboxylic acids is 1. The van der Waals surface area contributed by atoms with Crippen LogP contribution in [-0.4, -0.2) is 62.8 Å². The van der Waals surface area contributed by atoms with E-state index in [2.05, 4.69) is 0 Å². The van der Waals surface area contributed by atoms with Crippen molar-refractivity contribution in [3.05, 3.63) is 0 Å². The molecule has 6 heteroatoms. The second kappa shape index (κ2) is 6.23. The molecule has 6 nitrogen and oxygen atoms in total. The Labute approximate surface area is 115 Å². The molecular formula is C13H26N2O4. The van der Waals surface area contributed by atoms with Crippen molar-refractivity contribution >= 4 is 12.0 Å². The summed E-state index contributed by atoms with van der Waals surface area (Å²) in [4.78, 5) is 26.1. The summed E-state index contributed by atoms with van der Waals surface area (Å²) in [5.74, 6) is -1.05. The molecule has 0 aliphatic carbocycles. The van der Waals surface area contributed by atoms with Gasteiger partial charge in [0.1, 0.15) is 6.54 Å². The first-order valence-corrected chi connectivity index (χ1v) is 6.39. The molecule has 0 bridgehead atoms. The quantitative estimate of drug-likeness (QED) is 0.793. The first kappa shape index (κ1) is 17.7. The van der Waals surface area contributed by atoms with Gasteiger partial charge in [0.2, 0.25) is 0 Å². The summed E-state index contributed by atoms with van der Waals surface area (Å²) >= 11 is 0. The zero-order valence-electron chi connectivity index (χ0n) is 12.7. The van der Waals surface area contributed by atoms with Crippen molar-refractivity contribution in [3.63, 3.8) is 0 Å². The number of carboxylic acid groups (broad SMARTS) is 1. The predicted molar refractivity (Wildman–Crippen MR) is 73.0 cm³/mol. The lowest BCUT2D eigenvalue weighted by atomic mass is 10.1. The SMILES string of the molecule is CCN(CC(C)(C)O)C(=O)N(CC(=O)O)C(C)(C)C. The van der Waals surface area contributed by atoms with Gasteiger partial charge in [-0.3, -0.25) is 4.79 Å². The van der Waals surface area contributed by atoms with Gasteiger partial charge in [-0.05, 0) is 41.5 Å². The van der Waals surface area contributed by atoms with Gasteiger partial charge in [-0.1, -0.05) is 0 Å². The highest BCUT2D eigenvalue weighted by Gasteiger charge is 2.33. The zero-order chi connectivity index (χ0) is 15.4. The number of aliphatic carboxylic acids is 1. The molecular weight excluding hydrogens is 248 g/mol. The van der Waals surface area contributed by atoms with E-state index in [1.54, 1.807) is 41.5 Å². The molecule has 0 fully saturated rings. The number of likely N-dealkylation sites (N-methyl/N-ethyl adjacent to an activating group) is 1. The summed E-state index contributed by atoms with van der Waals surface area (Å²) in [6.45, 7) is 10.6. The molecule has 0 spiro atoms. The summed E-state index contributed by atoms with van der Waals surface area (Å²) in [6.07, 6.45) is 0. The van der Waals surface area contributed by atoms with Crippen LogP contribution in [0.2, 0.25) is 0 Å². The average Bonchev–Trinajstić information content (AvgIpc) is 2.18. The van der Waals surface area contributed by atoms with Crippen molar-refractivity contribution in [2.24, 2.45) is 0 Å². The Kier molecular flexibility index (Phi) is 5.81. The van der Waals surface area contributed by atoms with Gasteiger partial charge in [0.15, 0.2) is 0 Å². The van der Waals surface area contributed by atoms with Crippen LogP contribution in [0.25, 0.3) is 0 Å². The van der Waals surface area contributed by atoms with Crippen LogP contribution in [0.5, 0.6) is 0 Å². The summed E-state index contributed by atoms with van der Waals surface area (Å²) in [5.41, 5.74) is -1.61. The second-order valence-corrected chi connectivity index (χ2v) is 6.26. The van der Waals surface area contributed by atoms with E-state index < -0.39 is 17.1 Å². The van der Waals surface area contributed by atoms with Crippen molar-refractivity contribution in [1.29, 1.82) is 0 Å². The fourth-order valence-corrected chi connectivity index (χ4v) is 1.68. The van der Waals surface area contributed by atoms with Gasteiger partial charge >= 0.3 is 12.0 Å². The molecule has 0 radical (unpaired) electrons. The maximum absolute atomic E-state index is 12.4. The Hall–Kier alpha value is -1.30. The third-order valence-corrected chi connectivity index (χ3v) is 2.56. The molecule has 0 aliphatic rings. The van der Waals surface area contributed by atoms with Crippen molar-refractivity contribution in [2.45, 2.75) is 52.7 Å². The third kappa shape index (κ3) is 6.42. The highest BCUT2D eigenvalue weighted by Crippen LogP contribution is 2.17. The maximum atomic E-state index is 12.4. The first-order valence-electron chi connectivity index (χ1n) is 6.39. The number of hydrogen-bond donors (Lipinski definition) is 2. The Morgan fingerprint density at radius 1 is 1.11 bits per heavy atom. The molecule has 2 amide bonds. The smallest absolute Gasteiger partial charge is 0.323 e. The minimum atomic E-state index is -1.05. The van der Waals surface area contributed by atoms with E-state index in [-0.39, 0.29) is 19.1 Å². The average molecular weight is 274 g/mol. The molecule has 0 saturated carbocycles. The molecule has 0 aliphatic heterocycles. The minimum absolute atomic E-state index is 0.161. The van der Waals surface area contributed by atoms with E-state index in [1.165, 1.54) is 9.80 Å². The number of aliphatic hydroxyl groups is 1. The van der Waals surface area contributed by atoms with E-state index in [1.807, 2.05) is 0 Å². The van der Waals surface area contributed by atoms with Gasteiger partial charge in [0.25, 0.3) is 0 Å². The minimum Gasteiger partial charge on any atom is -0.480 e. The Balaban J connectivity index is 5.10. The number of carbonyl (C=O) groups is 2. The lowest BCUT2D eigenvalue weighted by Gasteiger charge is -2.39. The largest absolute Gasteiger partial charge is 0.480 e. The number of amides is 2. The van der Waals surface area contributed by atoms with E-state index >= 15 is 0 Å². The van der Waals surface area contributed by atoms with Crippen LogP contribution in [-0.2, 0) is 4.79 Å². The molecule has 0 heterocycles. The number of nitrogens with zero attached hydrogens (tertiary/aromatic N) is 2. The summed E-state index contributed by atoms with van der Waals surface area (Å²) in [7, 11) is 0. The van der Waals surface area contributed by atoms with Crippen LogP contribution in [0.1, 0.15) is 41.5 Å². The highest BCUT2D eigenvalue weighted by molar-refractivity contribution is 5.81. The topological polar surface area (TPSA) is 81.1 Å². The number of rotatable bonds is 5. The number of urea groups is 1. The summed E-state index contributed by atoms with van der Waals surface area (Å²) < 4.78 is 0. The van der Waals surface area contributed by atoms with Crippen molar-refractivity contribution in [1.82, 2.24) is 9.80 Å².